The highest BCUT2D eigenvalue weighted by atomic mass is 79.9. The van der Waals surface area contributed by atoms with Crippen molar-refractivity contribution in [1.29, 1.82) is 0 Å². The van der Waals surface area contributed by atoms with Gasteiger partial charge in [0.05, 0.1) is 5.41 Å². The van der Waals surface area contributed by atoms with Gasteiger partial charge in [-0.1, -0.05) is 28.1 Å². The molecule has 0 fully saturated rings. The van der Waals surface area contributed by atoms with E-state index in [1.807, 2.05) is 30.3 Å². The van der Waals surface area contributed by atoms with Gasteiger partial charge in [-0.25, -0.2) is 0 Å². The van der Waals surface area contributed by atoms with Crippen LogP contribution in [0.25, 0.3) is 10.8 Å². The summed E-state index contributed by atoms with van der Waals surface area (Å²) in [5, 5.41) is 4.79. The van der Waals surface area contributed by atoms with E-state index >= 15 is 0 Å². The van der Waals surface area contributed by atoms with E-state index in [0.29, 0.717) is 5.56 Å². The van der Waals surface area contributed by atoms with E-state index in [9.17, 15) is 9.59 Å². The van der Waals surface area contributed by atoms with Crippen molar-refractivity contribution in [2.75, 3.05) is 6.54 Å². The summed E-state index contributed by atoms with van der Waals surface area (Å²) in [4.78, 5) is 23.4. The van der Waals surface area contributed by atoms with Crippen molar-refractivity contribution in [3.05, 3.63) is 46.4 Å². The van der Waals surface area contributed by atoms with Gasteiger partial charge < -0.3 is 11.1 Å². The zero-order valence-electron chi connectivity index (χ0n) is 11.9. The molecule has 3 N–H and O–H groups in total. The molecule has 0 bridgehead atoms. The van der Waals surface area contributed by atoms with Crippen LogP contribution < -0.4 is 11.1 Å². The number of hydrogen-bond acceptors (Lipinski definition) is 2. The highest BCUT2D eigenvalue weighted by Gasteiger charge is 2.25. The normalized spacial score (nSPS) is 11.4. The van der Waals surface area contributed by atoms with E-state index in [2.05, 4.69) is 21.2 Å². The van der Waals surface area contributed by atoms with Crippen LogP contribution in [0.3, 0.4) is 0 Å². The number of halogens is 1. The Labute approximate surface area is 131 Å². The topological polar surface area (TPSA) is 72.2 Å². The Balaban J connectivity index is 2.16. The summed E-state index contributed by atoms with van der Waals surface area (Å²) in [5.41, 5.74) is 5.08. The van der Waals surface area contributed by atoms with Crippen LogP contribution in [0.15, 0.2) is 40.9 Å². The predicted octanol–water partition coefficient (Wildman–Crippen LogP) is 2.84. The first-order valence-electron chi connectivity index (χ1n) is 6.57. The first-order valence-corrected chi connectivity index (χ1v) is 7.36. The molecule has 0 aromatic heterocycles. The summed E-state index contributed by atoms with van der Waals surface area (Å²) in [6.07, 6.45) is 0. The summed E-state index contributed by atoms with van der Waals surface area (Å²) in [6, 6.07) is 11.4. The Hall–Kier alpha value is -1.88. The molecule has 2 aromatic rings. The zero-order valence-corrected chi connectivity index (χ0v) is 13.5. The molecular weight excluding hydrogens is 332 g/mol. The van der Waals surface area contributed by atoms with Crippen LogP contribution in [0.5, 0.6) is 0 Å². The lowest BCUT2D eigenvalue weighted by atomic mass is 9.92. The van der Waals surface area contributed by atoms with Gasteiger partial charge in [0.1, 0.15) is 0 Å². The maximum Gasteiger partial charge on any atom is 0.251 e. The van der Waals surface area contributed by atoms with Gasteiger partial charge in [-0.05, 0) is 48.9 Å². The Bertz CT molecular complexity index is 710. The molecule has 0 saturated carbocycles. The van der Waals surface area contributed by atoms with E-state index in [1.54, 1.807) is 19.9 Å². The van der Waals surface area contributed by atoms with Gasteiger partial charge in [-0.3, -0.25) is 9.59 Å². The fraction of sp³-hybridized carbons (Fsp3) is 0.250. The number of rotatable bonds is 4. The molecule has 0 spiro atoms. The predicted molar refractivity (Wildman–Crippen MR) is 87.0 cm³/mol. The molecule has 2 rings (SSSR count). The number of nitrogens with two attached hydrogens (primary N) is 1. The molecule has 0 saturated heterocycles. The number of carbonyl (C=O) groups excluding carboxylic acids is 2. The van der Waals surface area contributed by atoms with Crippen LogP contribution in [-0.4, -0.2) is 18.4 Å². The number of carbonyl (C=O) groups is 2. The second-order valence-corrected chi connectivity index (χ2v) is 6.55. The molecular formula is C16H17BrN2O2. The first kappa shape index (κ1) is 15.5. The molecule has 4 nitrogen and oxygen atoms in total. The van der Waals surface area contributed by atoms with Crippen molar-refractivity contribution in [1.82, 2.24) is 5.32 Å². The van der Waals surface area contributed by atoms with Gasteiger partial charge >= 0.3 is 0 Å². The molecule has 0 radical (unpaired) electrons. The van der Waals surface area contributed by atoms with Crippen LogP contribution in [-0.2, 0) is 4.79 Å². The van der Waals surface area contributed by atoms with E-state index in [1.165, 1.54) is 0 Å². The largest absolute Gasteiger partial charge is 0.369 e. The minimum absolute atomic E-state index is 0.208. The minimum atomic E-state index is -0.766. The first-order chi connectivity index (χ1) is 9.79. The quantitative estimate of drug-likeness (QED) is 0.891. The maximum atomic E-state index is 12.2. The number of nitrogens with one attached hydrogen (secondary N) is 1. The van der Waals surface area contributed by atoms with Crippen LogP contribution in [0.4, 0.5) is 0 Å². The van der Waals surface area contributed by atoms with Gasteiger partial charge in [-0.2, -0.15) is 0 Å². The third-order valence-electron chi connectivity index (χ3n) is 3.42. The summed E-state index contributed by atoms with van der Waals surface area (Å²) < 4.78 is 0.996. The highest BCUT2D eigenvalue weighted by molar-refractivity contribution is 9.10. The van der Waals surface area contributed by atoms with Crippen molar-refractivity contribution < 1.29 is 9.59 Å². The van der Waals surface area contributed by atoms with E-state index in [-0.39, 0.29) is 12.5 Å². The number of fused-ring (bicyclic) bond motifs is 1. The number of amides is 2. The Kier molecular flexibility index (Phi) is 4.32. The van der Waals surface area contributed by atoms with Gasteiger partial charge in [0, 0.05) is 16.6 Å². The summed E-state index contributed by atoms with van der Waals surface area (Å²) in [6.45, 7) is 3.61. The van der Waals surface area contributed by atoms with Crippen LogP contribution >= 0.6 is 15.9 Å². The lowest BCUT2D eigenvalue weighted by Crippen LogP contribution is -2.42. The third kappa shape index (κ3) is 3.61. The summed E-state index contributed by atoms with van der Waals surface area (Å²) in [5.74, 6) is -0.652. The fourth-order valence-corrected chi connectivity index (χ4v) is 2.23. The van der Waals surface area contributed by atoms with Gasteiger partial charge in [0.25, 0.3) is 5.91 Å². The molecule has 0 aliphatic heterocycles. The van der Waals surface area contributed by atoms with Crippen molar-refractivity contribution in [3.63, 3.8) is 0 Å². The number of benzene rings is 2. The van der Waals surface area contributed by atoms with Crippen LogP contribution in [0, 0.1) is 5.41 Å². The third-order valence-corrected chi connectivity index (χ3v) is 3.92. The van der Waals surface area contributed by atoms with Crippen LogP contribution in [0.2, 0.25) is 0 Å². The lowest BCUT2D eigenvalue weighted by molar-refractivity contribution is -0.125. The second-order valence-electron chi connectivity index (χ2n) is 5.64. The number of primary amides is 1. The van der Waals surface area contributed by atoms with Crippen molar-refractivity contribution in [2.45, 2.75) is 13.8 Å². The molecule has 21 heavy (non-hydrogen) atoms. The van der Waals surface area contributed by atoms with Gasteiger partial charge in [-0.15, -0.1) is 0 Å². The molecule has 0 aliphatic carbocycles. The summed E-state index contributed by atoms with van der Waals surface area (Å²) in [7, 11) is 0. The Morgan fingerprint density at radius 2 is 1.76 bits per heavy atom. The molecule has 110 valence electrons. The van der Waals surface area contributed by atoms with Gasteiger partial charge in [0.2, 0.25) is 5.91 Å². The highest BCUT2D eigenvalue weighted by Crippen LogP contribution is 2.21. The molecule has 0 atom stereocenters. The molecule has 0 aliphatic rings. The van der Waals surface area contributed by atoms with E-state index in [4.69, 9.17) is 5.73 Å². The van der Waals surface area contributed by atoms with E-state index < -0.39 is 11.3 Å². The zero-order chi connectivity index (χ0) is 15.6. The van der Waals surface area contributed by atoms with Crippen molar-refractivity contribution in [2.24, 2.45) is 11.1 Å². The molecule has 5 heteroatoms. The van der Waals surface area contributed by atoms with Gasteiger partial charge in [0.15, 0.2) is 0 Å². The Morgan fingerprint density at radius 1 is 1.14 bits per heavy atom. The number of hydrogen-bond donors (Lipinski definition) is 2. The molecule has 2 amide bonds. The SMILES string of the molecule is CC(C)(CNC(=O)c1ccc2cc(Br)ccc2c1)C(N)=O. The Morgan fingerprint density at radius 3 is 2.43 bits per heavy atom. The van der Waals surface area contributed by atoms with Crippen molar-refractivity contribution >= 4 is 38.5 Å². The van der Waals surface area contributed by atoms with E-state index in [0.717, 1.165) is 15.2 Å². The lowest BCUT2D eigenvalue weighted by Gasteiger charge is -2.20. The smallest absolute Gasteiger partial charge is 0.251 e. The van der Waals surface area contributed by atoms with Crippen molar-refractivity contribution in [3.8, 4) is 0 Å². The fourth-order valence-electron chi connectivity index (χ4n) is 1.85. The summed E-state index contributed by atoms with van der Waals surface area (Å²) >= 11 is 3.42. The molecule has 0 unspecified atom stereocenters. The minimum Gasteiger partial charge on any atom is -0.369 e. The average Bonchev–Trinajstić information content (AvgIpc) is 2.44. The molecule has 2 aromatic carbocycles. The van der Waals surface area contributed by atoms with Crippen LogP contribution in [0.1, 0.15) is 24.2 Å². The maximum absolute atomic E-state index is 12.2. The molecule has 0 heterocycles. The monoisotopic (exact) mass is 348 g/mol. The average molecular weight is 349 g/mol. The second kappa shape index (κ2) is 5.85. The standard InChI is InChI=1S/C16H17BrN2O2/c1-16(2,15(18)21)9-19-14(20)12-4-3-11-8-13(17)6-5-10(11)7-12/h3-8H,9H2,1-2H3,(H2,18,21)(H,19,20).